The van der Waals surface area contributed by atoms with Crippen molar-refractivity contribution in [3.05, 3.63) is 53.6 Å². The highest BCUT2D eigenvalue weighted by molar-refractivity contribution is 6.00. The molecular formula is C29H34FN9O3. The first-order valence-electron chi connectivity index (χ1n) is 14.1. The van der Waals surface area contributed by atoms with Gasteiger partial charge in [-0.15, -0.1) is 0 Å². The van der Waals surface area contributed by atoms with Gasteiger partial charge in [0.25, 0.3) is 11.7 Å². The molecule has 220 valence electrons. The van der Waals surface area contributed by atoms with Gasteiger partial charge in [-0.3, -0.25) is 9.89 Å². The van der Waals surface area contributed by atoms with Crippen LogP contribution in [0.1, 0.15) is 55.7 Å². The van der Waals surface area contributed by atoms with Gasteiger partial charge in [0, 0.05) is 56.9 Å². The number of halogens is 1. The van der Waals surface area contributed by atoms with Crippen LogP contribution in [-0.4, -0.2) is 86.3 Å². The van der Waals surface area contributed by atoms with Gasteiger partial charge in [-0.05, 0) is 36.1 Å². The van der Waals surface area contributed by atoms with Gasteiger partial charge in [0.05, 0.1) is 11.4 Å². The summed E-state index contributed by atoms with van der Waals surface area (Å²) in [5.74, 6) is -0.00876. The fourth-order valence-electron chi connectivity index (χ4n) is 5.55. The van der Waals surface area contributed by atoms with Gasteiger partial charge in [0.15, 0.2) is 11.5 Å². The van der Waals surface area contributed by atoms with Crippen molar-refractivity contribution in [1.29, 1.82) is 0 Å². The first kappa shape index (κ1) is 27.6. The van der Waals surface area contributed by atoms with Crippen molar-refractivity contribution in [3.63, 3.8) is 0 Å². The molecule has 13 heteroatoms. The second-order valence-corrected chi connectivity index (χ2v) is 11.9. The Morgan fingerprint density at radius 3 is 2.81 bits per heavy atom. The summed E-state index contributed by atoms with van der Waals surface area (Å²) < 4.78 is 20.5. The van der Waals surface area contributed by atoms with Crippen molar-refractivity contribution in [2.24, 2.45) is 0 Å². The van der Waals surface area contributed by atoms with Crippen molar-refractivity contribution < 1.29 is 18.5 Å². The Bertz CT molecular complexity index is 1640. The molecule has 2 saturated heterocycles. The first-order chi connectivity index (χ1) is 20.1. The molecule has 0 radical (unpaired) electrons. The minimum atomic E-state index is -0.543. The normalized spacial score (nSPS) is 17.9. The fraction of sp³-hybridized carbons (Fsp3) is 0.448. The number of nitrogens with zero attached hydrogens (tertiary/aromatic N) is 7. The van der Waals surface area contributed by atoms with Crippen molar-refractivity contribution in [1.82, 2.24) is 40.4 Å². The molecule has 2 aliphatic rings. The standard InChI is InChI=1S/C29H34FN9O3/c1-29(2,3)27-33-24(36-42-27)26(40)32-15-18-7-6-17(14-21(18)30)20-8-10-31-23-22(20)25(35-34-23)38-13-9-19(16-38)39-12-5-11-37(4)28(39)41/h6-8,10,14,19H,5,9,11-13,15-16H2,1-4H3,(H,32,40)(H,31,34,35). The number of aromatic nitrogens is 5. The number of hydrogen-bond donors (Lipinski definition) is 2. The Hall–Kier alpha value is -4.55. The van der Waals surface area contributed by atoms with E-state index in [1.165, 1.54) is 6.07 Å². The lowest BCUT2D eigenvalue weighted by atomic mass is 9.97. The molecule has 2 fully saturated rings. The summed E-state index contributed by atoms with van der Waals surface area (Å²) in [5.41, 5.74) is 1.99. The number of carbonyl (C=O) groups is 2. The third kappa shape index (κ3) is 5.14. The highest BCUT2D eigenvalue weighted by atomic mass is 19.1. The third-order valence-electron chi connectivity index (χ3n) is 7.88. The summed E-state index contributed by atoms with van der Waals surface area (Å²) in [6.45, 7) is 8.63. The number of fused-ring (bicyclic) bond motifs is 1. The number of urea groups is 1. The third-order valence-corrected chi connectivity index (χ3v) is 7.88. The number of anilines is 1. The molecule has 5 heterocycles. The van der Waals surface area contributed by atoms with Gasteiger partial charge in [0.1, 0.15) is 5.82 Å². The highest BCUT2D eigenvalue weighted by Crippen LogP contribution is 2.36. The van der Waals surface area contributed by atoms with Crippen LogP contribution in [-0.2, 0) is 12.0 Å². The number of nitrogens with one attached hydrogen (secondary N) is 2. The molecule has 1 aromatic carbocycles. The smallest absolute Gasteiger partial charge is 0.320 e. The fourth-order valence-corrected chi connectivity index (χ4v) is 5.55. The number of hydrogen-bond acceptors (Lipinski definition) is 8. The van der Waals surface area contributed by atoms with Crippen molar-refractivity contribution in [3.8, 4) is 11.1 Å². The van der Waals surface area contributed by atoms with E-state index in [0.29, 0.717) is 29.2 Å². The van der Waals surface area contributed by atoms with Crippen LogP contribution in [0, 0.1) is 5.82 Å². The van der Waals surface area contributed by atoms with Gasteiger partial charge in [-0.1, -0.05) is 38.1 Å². The second kappa shape index (κ2) is 10.7. The topological polar surface area (TPSA) is 136 Å². The highest BCUT2D eigenvalue weighted by Gasteiger charge is 2.35. The van der Waals surface area contributed by atoms with E-state index in [9.17, 15) is 9.59 Å². The van der Waals surface area contributed by atoms with Crippen LogP contribution in [0.4, 0.5) is 15.0 Å². The number of benzene rings is 1. The molecule has 3 amide bonds. The number of rotatable bonds is 6. The Balaban J connectivity index is 1.20. The van der Waals surface area contributed by atoms with E-state index in [1.807, 2.05) is 44.9 Å². The molecule has 0 saturated carbocycles. The zero-order chi connectivity index (χ0) is 29.6. The number of H-pyrrole nitrogens is 1. The van der Waals surface area contributed by atoms with Crippen LogP contribution in [0.25, 0.3) is 22.2 Å². The first-order valence-corrected chi connectivity index (χ1v) is 14.1. The summed E-state index contributed by atoms with van der Waals surface area (Å²) in [6.07, 6.45) is 3.47. The van der Waals surface area contributed by atoms with E-state index in [0.717, 1.165) is 49.2 Å². The molecule has 1 unspecified atom stereocenters. The van der Waals surface area contributed by atoms with E-state index in [1.54, 1.807) is 17.2 Å². The predicted molar refractivity (Wildman–Crippen MR) is 153 cm³/mol. The molecule has 0 bridgehead atoms. The average Bonchev–Trinajstić information content (AvgIpc) is 3.73. The Morgan fingerprint density at radius 1 is 1.21 bits per heavy atom. The lowest BCUT2D eigenvalue weighted by molar-refractivity contribution is 0.0937. The number of amides is 3. The van der Waals surface area contributed by atoms with Gasteiger partial charge in [0.2, 0.25) is 5.89 Å². The van der Waals surface area contributed by atoms with Crippen LogP contribution in [0.5, 0.6) is 0 Å². The zero-order valence-corrected chi connectivity index (χ0v) is 24.1. The molecule has 12 nitrogen and oxygen atoms in total. The molecule has 3 aromatic heterocycles. The molecule has 1 atom stereocenters. The number of aromatic amines is 1. The Labute approximate surface area is 242 Å². The van der Waals surface area contributed by atoms with Crippen LogP contribution < -0.4 is 10.2 Å². The molecular weight excluding hydrogens is 541 g/mol. The van der Waals surface area contributed by atoms with Crippen LogP contribution in [0.3, 0.4) is 0 Å². The maximum Gasteiger partial charge on any atom is 0.320 e. The minimum Gasteiger partial charge on any atom is -0.352 e. The van der Waals surface area contributed by atoms with Gasteiger partial charge in [-0.25, -0.2) is 14.2 Å². The van der Waals surface area contributed by atoms with E-state index in [-0.39, 0.29) is 29.9 Å². The monoisotopic (exact) mass is 575 g/mol. The predicted octanol–water partition coefficient (Wildman–Crippen LogP) is 3.71. The quantitative estimate of drug-likeness (QED) is 0.355. The largest absolute Gasteiger partial charge is 0.352 e. The van der Waals surface area contributed by atoms with Crippen molar-refractivity contribution >= 4 is 28.8 Å². The van der Waals surface area contributed by atoms with Gasteiger partial charge < -0.3 is 24.5 Å². The van der Waals surface area contributed by atoms with Crippen LogP contribution in [0.15, 0.2) is 35.0 Å². The van der Waals surface area contributed by atoms with Gasteiger partial charge in [-0.2, -0.15) is 10.1 Å². The molecule has 6 rings (SSSR count). The van der Waals surface area contributed by atoms with E-state index < -0.39 is 11.7 Å². The van der Waals surface area contributed by atoms with Crippen molar-refractivity contribution in [2.45, 2.75) is 51.6 Å². The van der Waals surface area contributed by atoms with Crippen LogP contribution >= 0.6 is 0 Å². The lowest BCUT2D eigenvalue weighted by Gasteiger charge is -2.37. The van der Waals surface area contributed by atoms with E-state index >= 15 is 4.39 Å². The maximum absolute atomic E-state index is 15.3. The Kier molecular flexibility index (Phi) is 7.03. The molecule has 42 heavy (non-hydrogen) atoms. The van der Waals surface area contributed by atoms with Gasteiger partial charge >= 0.3 is 6.03 Å². The molecule has 0 spiro atoms. The average molecular weight is 576 g/mol. The summed E-state index contributed by atoms with van der Waals surface area (Å²) in [5, 5.41) is 14.8. The minimum absolute atomic E-state index is 0.0351. The summed E-state index contributed by atoms with van der Waals surface area (Å²) in [7, 11) is 1.84. The number of pyridine rings is 1. The maximum atomic E-state index is 15.3. The van der Waals surface area contributed by atoms with E-state index in [2.05, 4.69) is 35.5 Å². The van der Waals surface area contributed by atoms with Crippen LogP contribution in [0.2, 0.25) is 0 Å². The zero-order valence-electron chi connectivity index (χ0n) is 24.1. The van der Waals surface area contributed by atoms with E-state index in [4.69, 9.17) is 4.52 Å². The second-order valence-electron chi connectivity index (χ2n) is 11.9. The Morgan fingerprint density at radius 2 is 2.05 bits per heavy atom. The molecule has 0 aliphatic carbocycles. The summed E-state index contributed by atoms with van der Waals surface area (Å²) in [6, 6.07) is 6.94. The SMILES string of the molecule is CN1CCCN(C2CCN(c3n[nH]c4nccc(-c5ccc(CNC(=O)c6noc(C(C)(C)C)n6)c(F)c5)c34)C2)C1=O. The molecule has 4 aromatic rings. The summed E-state index contributed by atoms with van der Waals surface area (Å²) >= 11 is 0. The summed E-state index contributed by atoms with van der Waals surface area (Å²) in [4.78, 5) is 39.8. The molecule has 2 aliphatic heterocycles. The number of carbonyl (C=O) groups excluding carboxylic acids is 2. The lowest BCUT2D eigenvalue weighted by Crippen LogP contribution is -2.52. The van der Waals surface area contributed by atoms with Crippen molar-refractivity contribution in [2.75, 3.05) is 38.1 Å². The molecule has 2 N–H and O–H groups in total.